The van der Waals surface area contributed by atoms with Crippen LogP contribution >= 0.6 is 0 Å². The maximum Gasteiger partial charge on any atom is 0.222 e. The molecule has 3 aliphatic heterocycles. The van der Waals surface area contributed by atoms with E-state index in [1.165, 1.54) is 25.7 Å². The van der Waals surface area contributed by atoms with Gasteiger partial charge in [-0.05, 0) is 38.8 Å². The molecule has 5 nitrogen and oxygen atoms in total. The number of nitrogens with one attached hydrogen (secondary N) is 2. The van der Waals surface area contributed by atoms with Crippen LogP contribution in [0.2, 0.25) is 0 Å². The van der Waals surface area contributed by atoms with Crippen molar-refractivity contribution in [2.45, 2.75) is 50.6 Å². The molecule has 3 aliphatic rings. The highest BCUT2D eigenvalue weighted by Gasteiger charge is 2.27. The van der Waals surface area contributed by atoms with E-state index in [1.54, 1.807) is 0 Å². The second-order valence-corrected chi connectivity index (χ2v) is 6.75. The Morgan fingerprint density at radius 2 is 1.90 bits per heavy atom. The number of carbonyl (C=O) groups excluding carboxylic acids is 1. The molecule has 1 amide bonds. The Labute approximate surface area is 128 Å². The maximum absolute atomic E-state index is 12.3. The molecule has 5 heteroatoms. The normalized spacial score (nSPS) is 31.5. The highest BCUT2D eigenvalue weighted by atomic mass is 16.2. The lowest BCUT2D eigenvalue weighted by Crippen LogP contribution is -2.52. The predicted molar refractivity (Wildman–Crippen MR) is 84.3 cm³/mol. The monoisotopic (exact) mass is 294 g/mol. The fraction of sp³-hybridized carbons (Fsp3) is 0.938. The van der Waals surface area contributed by atoms with Gasteiger partial charge in [0.15, 0.2) is 0 Å². The summed E-state index contributed by atoms with van der Waals surface area (Å²) in [4.78, 5) is 17.0. The topological polar surface area (TPSA) is 47.6 Å². The lowest BCUT2D eigenvalue weighted by atomic mass is 10.0. The maximum atomic E-state index is 12.3. The van der Waals surface area contributed by atoms with E-state index in [4.69, 9.17) is 0 Å². The number of hydrogen-bond donors (Lipinski definition) is 2. The van der Waals surface area contributed by atoms with E-state index in [0.717, 1.165) is 58.7 Å². The third kappa shape index (κ3) is 4.18. The van der Waals surface area contributed by atoms with E-state index >= 15 is 0 Å². The van der Waals surface area contributed by atoms with Crippen molar-refractivity contribution in [3.63, 3.8) is 0 Å². The van der Waals surface area contributed by atoms with Crippen LogP contribution in [0.3, 0.4) is 0 Å². The van der Waals surface area contributed by atoms with Crippen LogP contribution in [0, 0.1) is 0 Å². The zero-order valence-electron chi connectivity index (χ0n) is 13.1. The minimum atomic E-state index is 0.367. The standard InChI is InChI=1S/C16H30N4O/c21-16(5-4-14-3-1-2-7-18-14)20-11-9-19(10-12-20)15-6-8-17-13-15/h14-15,17-18H,1-13H2. The van der Waals surface area contributed by atoms with E-state index in [1.807, 2.05) is 0 Å². The van der Waals surface area contributed by atoms with Gasteiger partial charge in [-0.25, -0.2) is 0 Å². The Hall–Kier alpha value is -0.650. The van der Waals surface area contributed by atoms with Crippen molar-refractivity contribution in [1.82, 2.24) is 20.4 Å². The lowest BCUT2D eigenvalue weighted by molar-refractivity contribution is -0.133. The van der Waals surface area contributed by atoms with E-state index in [2.05, 4.69) is 20.4 Å². The Morgan fingerprint density at radius 3 is 2.57 bits per heavy atom. The largest absolute Gasteiger partial charge is 0.340 e. The number of piperidine rings is 1. The molecular weight excluding hydrogens is 264 g/mol. The minimum absolute atomic E-state index is 0.367. The summed E-state index contributed by atoms with van der Waals surface area (Å²) in [6, 6.07) is 1.28. The van der Waals surface area contributed by atoms with Gasteiger partial charge in [0.1, 0.15) is 0 Å². The van der Waals surface area contributed by atoms with Crippen LogP contribution in [0.25, 0.3) is 0 Å². The van der Waals surface area contributed by atoms with Crippen molar-refractivity contribution >= 4 is 5.91 Å². The van der Waals surface area contributed by atoms with E-state index in [0.29, 0.717) is 18.0 Å². The number of carbonyl (C=O) groups is 1. The summed E-state index contributed by atoms with van der Waals surface area (Å²) in [6.07, 6.45) is 6.87. The first-order valence-electron chi connectivity index (χ1n) is 8.79. The molecule has 0 radical (unpaired) electrons. The number of nitrogens with zero attached hydrogens (tertiary/aromatic N) is 2. The summed E-state index contributed by atoms with van der Waals surface area (Å²) in [5.74, 6) is 0.367. The first-order valence-corrected chi connectivity index (χ1v) is 8.79. The summed E-state index contributed by atoms with van der Waals surface area (Å²) in [7, 11) is 0. The summed E-state index contributed by atoms with van der Waals surface area (Å²) >= 11 is 0. The molecule has 3 fully saturated rings. The molecule has 0 spiro atoms. The lowest BCUT2D eigenvalue weighted by Gasteiger charge is -2.38. The molecular formula is C16H30N4O. The zero-order valence-corrected chi connectivity index (χ0v) is 13.1. The van der Waals surface area contributed by atoms with Crippen molar-refractivity contribution < 1.29 is 4.79 Å². The van der Waals surface area contributed by atoms with Gasteiger partial charge in [-0.2, -0.15) is 0 Å². The van der Waals surface area contributed by atoms with Gasteiger partial charge in [0.05, 0.1) is 0 Å². The van der Waals surface area contributed by atoms with Crippen LogP contribution in [0.15, 0.2) is 0 Å². The van der Waals surface area contributed by atoms with Crippen molar-refractivity contribution in [2.75, 3.05) is 45.8 Å². The SMILES string of the molecule is O=C(CCC1CCCCN1)N1CCN(C2CCNC2)CC1. The van der Waals surface area contributed by atoms with Gasteiger partial charge in [-0.3, -0.25) is 9.69 Å². The second kappa shape index (κ2) is 7.56. The third-order valence-electron chi connectivity index (χ3n) is 5.34. The van der Waals surface area contributed by atoms with E-state index < -0.39 is 0 Å². The van der Waals surface area contributed by atoms with Gasteiger partial charge in [0.25, 0.3) is 0 Å². The molecule has 0 aromatic heterocycles. The molecule has 0 aliphatic carbocycles. The summed E-state index contributed by atoms with van der Waals surface area (Å²) < 4.78 is 0. The molecule has 3 rings (SSSR count). The van der Waals surface area contributed by atoms with Gasteiger partial charge >= 0.3 is 0 Å². The summed E-state index contributed by atoms with van der Waals surface area (Å²) in [6.45, 7) is 7.37. The zero-order chi connectivity index (χ0) is 14.5. The van der Waals surface area contributed by atoms with Gasteiger partial charge in [-0.1, -0.05) is 6.42 Å². The van der Waals surface area contributed by atoms with Crippen molar-refractivity contribution in [3.8, 4) is 0 Å². The fourth-order valence-corrected chi connectivity index (χ4v) is 3.91. The molecule has 3 heterocycles. The summed E-state index contributed by atoms with van der Waals surface area (Å²) in [5.41, 5.74) is 0. The van der Waals surface area contributed by atoms with Crippen LogP contribution < -0.4 is 10.6 Å². The quantitative estimate of drug-likeness (QED) is 0.789. The molecule has 0 bridgehead atoms. The molecule has 0 aromatic carbocycles. The Balaban J connectivity index is 1.36. The van der Waals surface area contributed by atoms with Gasteiger partial charge in [0, 0.05) is 51.2 Å². The van der Waals surface area contributed by atoms with Crippen molar-refractivity contribution in [2.24, 2.45) is 0 Å². The first-order chi connectivity index (χ1) is 10.3. The third-order valence-corrected chi connectivity index (χ3v) is 5.34. The van der Waals surface area contributed by atoms with Crippen molar-refractivity contribution in [1.29, 1.82) is 0 Å². The fourth-order valence-electron chi connectivity index (χ4n) is 3.91. The Kier molecular flexibility index (Phi) is 5.49. The van der Waals surface area contributed by atoms with Crippen LogP contribution in [0.5, 0.6) is 0 Å². The summed E-state index contributed by atoms with van der Waals surface area (Å²) in [5, 5.41) is 6.97. The molecule has 0 aromatic rings. The number of rotatable bonds is 4. The van der Waals surface area contributed by atoms with Crippen molar-refractivity contribution in [3.05, 3.63) is 0 Å². The van der Waals surface area contributed by atoms with Gasteiger partial charge in [0.2, 0.25) is 5.91 Å². The average molecular weight is 294 g/mol. The first kappa shape index (κ1) is 15.3. The molecule has 21 heavy (non-hydrogen) atoms. The van der Waals surface area contributed by atoms with Gasteiger partial charge < -0.3 is 15.5 Å². The van der Waals surface area contributed by atoms with Gasteiger partial charge in [-0.15, -0.1) is 0 Å². The molecule has 2 atom stereocenters. The number of piperazine rings is 1. The number of amides is 1. The van der Waals surface area contributed by atoms with E-state index in [9.17, 15) is 4.79 Å². The molecule has 3 saturated heterocycles. The highest BCUT2D eigenvalue weighted by molar-refractivity contribution is 5.76. The number of hydrogen-bond acceptors (Lipinski definition) is 4. The minimum Gasteiger partial charge on any atom is -0.340 e. The Bertz CT molecular complexity index is 329. The van der Waals surface area contributed by atoms with Crippen LogP contribution in [0.4, 0.5) is 0 Å². The molecule has 120 valence electrons. The second-order valence-electron chi connectivity index (χ2n) is 6.75. The van der Waals surface area contributed by atoms with E-state index in [-0.39, 0.29) is 0 Å². The van der Waals surface area contributed by atoms with Crippen LogP contribution in [-0.4, -0.2) is 73.6 Å². The molecule has 0 saturated carbocycles. The Morgan fingerprint density at radius 1 is 1.05 bits per heavy atom. The van der Waals surface area contributed by atoms with Crippen LogP contribution in [-0.2, 0) is 4.79 Å². The molecule has 2 unspecified atom stereocenters. The average Bonchev–Trinajstić information content (AvgIpc) is 3.08. The predicted octanol–water partition coefficient (Wildman–Crippen LogP) is 0.415. The highest BCUT2D eigenvalue weighted by Crippen LogP contribution is 2.15. The smallest absolute Gasteiger partial charge is 0.222 e. The van der Waals surface area contributed by atoms with Crippen LogP contribution in [0.1, 0.15) is 38.5 Å². The molecule has 2 N–H and O–H groups in total.